The van der Waals surface area contributed by atoms with Crippen molar-refractivity contribution >= 4 is 10.8 Å². The summed E-state index contributed by atoms with van der Waals surface area (Å²) in [5.41, 5.74) is 0.581. The summed E-state index contributed by atoms with van der Waals surface area (Å²) in [6.07, 6.45) is -3.40. The van der Waals surface area contributed by atoms with Gasteiger partial charge >= 0.3 is 0 Å². The molecule has 1 saturated heterocycles. The number of rotatable bonds is 2. The Morgan fingerprint density at radius 1 is 1.10 bits per heavy atom. The van der Waals surface area contributed by atoms with Gasteiger partial charge in [0.2, 0.25) is 0 Å². The lowest BCUT2D eigenvalue weighted by molar-refractivity contribution is -0.181. The van der Waals surface area contributed by atoms with Gasteiger partial charge in [0, 0.05) is 12.0 Å². The highest BCUT2D eigenvalue weighted by Gasteiger charge is 2.38. The maximum absolute atomic E-state index is 10.2. The molecule has 0 bridgehead atoms. The molecule has 2 aromatic carbocycles. The summed E-state index contributed by atoms with van der Waals surface area (Å²) in [5, 5.41) is 41.0. The number of aromatic hydroxyl groups is 1. The number of phenols is 1. The van der Waals surface area contributed by atoms with Crippen LogP contribution in [0.3, 0.4) is 0 Å². The molecule has 0 spiro atoms. The summed E-state index contributed by atoms with van der Waals surface area (Å²) < 4.78 is 5.67. The van der Waals surface area contributed by atoms with Gasteiger partial charge in [0.25, 0.3) is 0 Å². The van der Waals surface area contributed by atoms with Crippen LogP contribution in [0.5, 0.6) is 5.75 Å². The van der Waals surface area contributed by atoms with E-state index in [-0.39, 0.29) is 18.8 Å². The Bertz CT molecular complexity index is 642. The molecule has 0 amide bonds. The van der Waals surface area contributed by atoms with Crippen molar-refractivity contribution in [3.05, 3.63) is 42.0 Å². The summed E-state index contributed by atoms with van der Waals surface area (Å²) in [6, 6.07) is 11.0. The van der Waals surface area contributed by atoms with E-state index in [9.17, 15) is 20.4 Å². The molecule has 4 N–H and O–H groups in total. The fraction of sp³-hybridized carbons (Fsp3) is 0.375. The predicted octanol–water partition coefficient (Wildman–Crippen LogP) is 1.09. The molecule has 1 aliphatic heterocycles. The maximum atomic E-state index is 10.2. The first-order chi connectivity index (χ1) is 10.1. The van der Waals surface area contributed by atoms with Crippen molar-refractivity contribution in [3.8, 4) is 5.75 Å². The van der Waals surface area contributed by atoms with Gasteiger partial charge in [-0.05, 0) is 16.8 Å². The van der Waals surface area contributed by atoms with Crippen molar-refractivity contribution < 1.29 is 25.2 Å². The molecular weight excluding hydrogens is 272 g/mol. The van der Waals surface area contributed by atoms with Crippen LogP contribution in [-0.4, -0.2) is 45.3 Å². The van der Waals surface area contributed by atoms with Gasteiger partial charge in [-0.25, -0.2) is 0 Å². The van der Waals surface area contributed by atoms with Crippen LogP contribution in [0.15, 0.2) is 36.4 Å². The fourth-order valence-corrected chi connectivity index (χ4v) is 2.91. The van der Waals surface area contributed by atoms with Crippen LogP contribution in [-0.2, 0) is 4.74 Å². The van der Waals surface area contributed by atoms with Crippen molar-refractivity contribution in [1.29, 1.82) is 0 Å². The quantitative estimate of drug-likeness (QED) is 0.665. The molecule has 3 rings (SSSR count). The lowest BCUT2D eigenvalue weighted by Gasteiger charge is -2.37. The van der Waals surface area contributed by atoms with Gasteiger partial charge in [0.05, 0.1) is 18.8 Å². The van der Waals surface area contributed by atoms with E-state index in [4.69, 9.17) is 4.74 Å². The van der Waals surface area contributed by atoms with Crippen molar-refractivity contribution in [3.63, 3.8) is 0 Å². The van der Waals surface area contributed by atoms with E-state index < -0.39 is 24.4 Å². The average molecular weight is 290 g/mol. The number of benzene rings is 2. The Morgan fingerprint density at radius 2 is 1.86 bits per heavy atom. The van der Waals surface area contributed by atoms with E-state index in [0.717, 1.165) is 10.8 Å². The third-order valence-corrected chi connectivity index (χ3v) is 4.02. The van der Waals surface area contributed by atoms with Crippen LogP contribution < -0.4 is 0 Å². The Labute approximate surface area is 122 Å². The average Bonchev–Trinajstić information content (AvgIpc) is 2.50. The number of aliphatic hydroxyl groups is 3. The smallest absolute Gasteiger partial charge is 0.122 e. The summed E-state index contributed by atoms with van der Waals surface area (Å²) in [6.45, 7) is -0.389. The standard InChI is InChI=1S/C16H18O5/c17-8-14-16(20)12(19)7-13(21-14)15-10-4-2-1-3-9(10)5-6-11(15)18/h1-6,12-14,16-20H,7-8H2/t12-,13-,14-,16+/m1/s1. The fourth-order valence-electron chi connectivity index (χ4n) is 2.91. The van der Waals surface area contributed by atoms with Gasteiger partial charge in [-0.3, -0.25) is 0 Å². The molecule has 0 aromatic heterocycles. The van der Waals surface area contributed by atoms with E-state index >= 15 is 0 Å². The van der Waals surface area contributed by atoms with Crippen molar-refractivity contribution in [2.75, 3.05) is 6.61 Å². The Morgan fingerprint density at radius 3 is 2.62 bits per heavy atom. The minimum absolute atomic E-state index is 0.0824. The molecule has 0 radical (unpaired) electrons. The van der Waals surface area contributed by atoms with Gasteiger partial charge < -0.3 is 25.2 Å². The third-order valence-electron chi connectivity index (χ3n) is 4.02. The SMILES string of the molecule is OC[C@H]1O[C@@H](c2c(O)ccc3ccccc23)C[C@@H](O)[C@@H]1O. The molecule has 4 atom stereocenters. The monoisotopic (exact) mass is 290 g/mol. The topological polar surface area (TPSA) is 90.2 Å². The van der Waals surface area contributed by atoms with Crippen molar-refractivity contribution in [2.45, 2.75) is 30.8 Å². The van der Waals surface area contributed by atoms with Gasteiger partial charge in [0.15, 0.2) is 0 Å². The second-order valence-corrected chi connectivity index (χ2v) is 5.36. The highest BCUT2D eigenvalue weighted by Crippen LogP contribution is 2.40. The van der Waals surface area contributed by atoms with E-state index in [1.54, 1.807) is 6.07 Å². The van der Waals surface area contributed by atoms with E-state index in [0.29, 0.717) is 5.56 Å². The maximum Gasteiger partial charge on any atom is 0.122 e. The van der Waals surface area contributed by atoms with Gasteiger partial charge in [0.1, 0.15) is 18.0 Å². The molecule has 1 aliphatic rings. The molecule has 5 heteroatoms. The number of hydrogen-bond donors (Lipinski definition) is 4. The number of aliphatic hydroxyl groups excluding tert-OH is 3. The summed E-state index contributed by atoms with van der Waals surface area (Å²) in [4.78, 5) is 0. The van der Waals surface area contributed by atoms with Gasteiger partial charge in [-0.1, -0.05) is 30.3 Å². The van der Waals surface area contributed by atoms with E-state index in [2.05, 4.69) is 0 Å². The van der Waals surface area contributed by atoms with Crippen molar-refractivity contribution in [1.82, 2.24) is 0 Å². The van der Waals surface area contributed by atoms with Crippen LogP contribution in [0, 0.1) is 0 Å². The van der Waals surface area contributed by atoms with Crippen LogP contribution in [0.1, 0.15) is 18.1 Å². The molecular formula is C16H18O5. The first kappa shape index (κ1) is 14.3. The molecule has 1 fully saturated rings. The van der Waals surface area contributed by atoms with Gasteiger partial charge in [-0.15, -0.1) is 0 Å². The first-order valence-corrected chi connectivity index (χ1v) is 6.95. The zero-order valence-electron chi connectivity index (χ0n) is 11.4. The summed E-state index contributed by atoms with van der Waals surface area (Å²) in [5.74, 6) is 0.0824. The lowest BCUT2D eigenvalue weighted by atomic mass is 9.91. The molecule has 1 heterocycles. The molecule has 0 saturated carbocycles. The molecule has 0 aliphatic carbocycles. The molecule has 5 nitrogen and oxygen atoms in total. The van der Waals surface area contributed by atoms with Crippen LogP contribution in [0.4, 0.5) is 0 Å². The zero-order chi connectivity index (χ0) is 15.0. The highest BCUT2D eigenvalue weighted by atomic mass is 16.5. The first-order valence-electron chi connectivity index (χ1n) is 6.95. The molecule has 2 aromatic rings. The third kappa shape index (κ3) is 2.49. The Balaban J connectivity index is 2.06. The van der Waals surface area contributed by atoms with Crippen LogP contribution in [0.25, 0.3) is 10.8 Å². The Kier molecular flexibility index (Phi) is 3.82. The minimum atomic E-state index is -1.12. The zero-order valence-corrected chi connectivity index (χ0v) is 11.4. The number of hydrogen-bond acceptors (Lipinski definition) is 5. The molecule has 112 valence electrons. The largest absolute Gasteiger partial charge is 0.508 e. The number of ether oxygens (including phenoxy) is 1. The highest BCUT2D eigenvalue weighted by molar-refractivity contribution is 5.88. The normalized spacial score (nSPS) is 29.7. The second-order valence-electron chi connectivity index (χ2n) is 5.36. The number of phenolic OH excluding ortho intramolecular Hbond substituents is 1. The van der Waals surface area contributed by atoms with Gasteiger partial charge in [-0.2, -0.15) is 0 Å². The summed E-state index contributed by atoms with van der Waals surface area (Å²) >= 11 is 0. The Hall–Kier alpha value is -1.66. The van der Waals surface area contributed by atoms with E-state index in [1.807, 2.05) is 30.3 Å². The van der Waals surface area contributed by atoms with E-state index in [1.165, 1.54) is 0 Å². The molecule has 21 heavy (non-hydrogen) atoms. The molecule has 0 unspecified atom stereocenters. The van der Waals surface area contributed by atoms with Crippen LogP contribution in [0.2, 0.25) is 0 Å². The predicted molar refractivity (Wildman–Crippen MR) is 76.9 cm³/mol. The lowest BCUT2D eigenvalue weighted by Crippen LogP contribution is -2.47. The number of fused-ring (bicyclic) bond motifs is 1. The summed E-state index contributed by atoms with van der Waals surface area (Å²) in [7, 11) is 0. The van der Waals surface area contributed by atoms with Crippen molar-refractivity contribution in [2.24, 2.45) is 0 Å². The minimum Gasteiger partial charge on any atom is -0.508 e. The second kappa shape index (κ2) is 5.61. The van der Waals surface area contributed by atoms with Crippen LogP contribution >= 0.6 is 0 Å².